The molecule has 0 aliphatic carbocycles. The standard InChI is InChI=1S/C20H23N3O5/c1-22-10-14(9-18(22)25)20(27)23-6-4-12(5-7-23)19(26)13-2-3-16-15(8-13)21-17(24)11-28-16/h2-3,8,12,14H,4-7,9-11H2,1H3,(H,21,24). The van der Waals surface area contributed by atoms with E-state index in [9.17, 15) is 19.2 Å². The van der Waals surface area contributed by atoms with Gasteiger partial charge in [0.05, 0.1) is 11.6 Å². The molecule has 2 saturated heterocycles. The van der Waals surface area contributed by atoms with Crippen LogP contribution in [-0.2, 0) is 14.4 Å². The fourth-order valence-corrected chi connectivity index (χ4v) is 4.12. The third kappa shape index (κ3) is 3.46. The van der Waals surface area contributed by atoms with E-state index in [1.807, 2.05) is 0 Å². The quantitative estimate of drug-likeness (QED) is 0.781. The average Bonchev–Trinajstić information content (AvgIpc) is 3.05. The van der Waals surface area contributed by atoms with Crippen molar-refractivity contribution in [1.29, 1.82) is 0 Å². The van der Waals surface area contributed by atoms with Crippen LogP contribution in [0, 0.1) is 11.8 Å². The predicted molar refractivity (Wildman–Crippen MR) is 99.9 cm³/mol. The van der Waals surface area contributed by atoms with Crippen molar-refractivity contribution in [2.75, 3.05) is 38.6 Å². The number of nitrogens with one attached hydrogen (secondary N) is 1. The number of fused-ring (bicyclic) bond motifs is 1. The molecule has 0 radical (unpaired) electrons. The molecule has 3 aliphatic heterocycles. The number of Topliss-reactive ketones (excluding diaryl/α,β-unsaturated/α-hetero) is 1. The third-order valence-electron chi connectivity index (χ3n) is 5.76. The molecule has 8 heteroatoms. The van der Waals surface area contributed by atoms with Crippen LogP contribution in [0.25, 0.3) is 0 Å². The van der Waals surface area contributed by atoms with Gasteiger partial charge in [-0.15, -0.1) is 0 Å². The maximum Gasteiger partial charge on any atom is 0.262 e. The summed E-state index contributed by atoms with van der Waals surface area (Å²) < 4.78 is 5.33. The molecule has 28 heavy (non-hydrogen) atoms. The lowest BCUT2D eigenvalue weighted by Crippen LogP contribution is -2.43. The number of anilines is 1. The highest BCUT2D eigenvalue weighted by atomic mass is 16.5. The maximum absolute atomic E-state index is 12.9. The number of ether oxygens (including phenoxy) is 1. The van der Waals surface area contributed by atoms with Gasteiger partial charge in [0.15, 0.2) is 12.4 Å². The Morgan fingerprint density at radius 2 is 1.89 bits per heavy atom. The number of carbonyl (C=O) groups excluding carboxylic acids is 4. The van der Waals surface area contributed by atoms with Crippen molar-refractivity contribution < 1.29 is 23.9 Å². The zero-order valence-electron chi connectivity index (χ0n) is 15.8. The first-order chi connectivity index (χ1) is 13.4. The lowest BCUT2D eigenvalue weighted by Gasteiger charge is -2.33. The Morgan fingerprint density at radius 3 is 2.57 bits per heavy atom. The Bertz CT molecular complexity index is 844. The summed E-state index contributed by atoms with van der Waals surface area (Å²) in [5.74, 6) is -0.0635. The molecule has 3 amide bonds. The van der Waals surface area contributed by atoms with E-state index >= 15 is 0 Å². The van der Waals surface area contributed by atoms with Crippen LogP contribution in [0.3, 0.4) is 0 Å². The second-order valence-corrected chi connectivity index (χ2v) is 7.69. The largest absolute Gasteiger partial charge is 0.482 e. The van der Waals surface area contributed by atoms with Gasteiger partial charge >= 0.3 is 0 Å². The van der Waals surface area contributed by atoms with Gasteiger partial charge in [-0.1, -0.05) is 0 Å². The van der Waals surface area contributed by atoms with E-state index < -0.39 is 0 Å². The number of nitrogens with zero attached hydrogens (tertiary/aromatic N) is 2. The minimum absolute atomic E-state index is 0.00638. The molecule has 3 aliphatic rings. The Balaban J connectivity index is 1.37. The Hall–Kier alpha value is -2.90. The van der Waals surface area contributed by atoms with E-state index in [4.69, 9.17) is 4.74 Å². The summed E-state index contributed by atoms with van der Waals surface area (Å²) in [6.45, 7) is 1.50. The fraction of sp³-hybridized carbons (Fsp3) is 0.500. The molecule has 148 valence electrons. The van der Waals surface area contributed by atoms with Gasteiger partial charge in [0, 0.05) is 44.6 Å². The van der Waals surface area contributed by atoms with Crippen molar-refractivity contribution in [3.63, 3.8) is 0 Å². The third-order valence-corrected chi connectivity index (χ3v) is 5.76. The molecule has 1 unspecified atom stereocenters. The van der Waals surface area contributed by atoms with E-state index in [1.165, 1.54) is 0 Å². The molecule has 1 aromatic carbocycles. The van der Waals surface area contributed by atoms with Crippen LogP contribution in [0.15, 0.2) is 18.2 Å². The summed E-state index contributed by atoms with van der Waals surface area (Å²) in [5, 5.41) is 2.72. The average molecular weight is 385 g/mol. The van der Waals surface area contributed by atoms with Gasteiger partial charge in [-0.3, -0.25) is 19.2 Å². The summed E-state index contributed by atoms with van der Waals surface area (Å²) in [6.07, 6.45) is 1.47. The van der Waals surface area contributed by atoms with Gasteiger partial charge in [0.25, 0.3) is 5.91 Å². The lowest BCUT2D eigenvalue weighted by molar-refractivity contribution is -0.137. The highest BCUT2D eigenvalue weighted by Gasteiger charge is 2.36. The van der Waals surface area contributed by atoms with Crippen molar-refractivity contribution in [3.8, 4) is 5.75 Å². The number of piperidine rings is 1. The Kier molecular flexibility index (Phi) is 4.78. The SMILES string of the molecule is CN1CC(C(=O)N2CCC(C(=O)c3ccc4c(c3)NC(=O)CO4)CC2)CC1=O. The van der Waals surface area contributed by atoms with Crippen LogP contribution in [0.1, 0.15) is 29.6 Å². The number of benzene rings is 1. The molecular weight excluding hydrogens is 362 g/mol. The van der Waals surface area contributed by atoms with Crippen LogP contribution in [0.2, 0.25) is 0 Å². The Labute approximate surface area is 162 Å². The molecule has 1 aromatic rings. The fourth-order valence-electron chi connectivity index (χ4n) is 4.12. The smallest absolute Gasteiger partial charge is 0.262 e. The molecule has 0 bridgehead atoms. The van der Waals surface area contributed by atoms with Crippen molar-refractivity contribution in [3.05, 3.63) is 23.8 Å². The first-order valence-electron chi connectivity index (χ1n) is 9.56. The molecule has 1 atom stereocenters. The minimum atomic E-state index is -0.269. The predicted octanol–water partition coefficient (Wildman–Crippen LogP) is 0.917. The van der Waals surface area contributed by atoms with Gasteiger partial charge in [-0.2, -0.15) is 0 Å². The monoisotopic (exact) mass is 385 g/mol. The van der Waals surface area contributed by atoms with Gasteiger partial charge in [-0.05, 0) is 31.0 Å². The number of hydrogen-bond acceptors (Lipinski definition) is 5. The van der Waals surface area contributed by atoms with Crippen molar-refractivity contribution in [2.45, 2.75) is 19.3 Å². The highest BCUT2D eigenvalue weighted by molar-refractivity contribution is 6.02. The van der Waals surface area contributed by atoms with E-state index in [2.05, 4.69) is 5.32 Å². The van der Waals surface area contributed by atoms with Crippen LogP contribution < -0.4 is 10.1 Å². The molecule has 4 rings (SSSR count). The summed E-state index contributed by atoms with van der Waals surface area (Å²) in [5.41, 5.74) is 1.06. The molecule has 0 spiro atoms. The zero-order valence-corrected chi connectivity index (χ0v) is 15.8. The minimum Gasteiger partial charge on any atom is -0.482 e. The van der Waals surface area contributed by atoms with Crippen LogP contribution in [-0.4, -0.2) is 66.6 Å². The molecule has 8 nitrogen and oxygen atoms in total. The topological polar surface area (TPSA) is 96.0 Å². The second kappa shape index (κ2) is 7.26. The van der Waals surface area contributed by atoms with E-state index in [-0.39, 0.29) is 48.4 Å². The number of carbonyl (C=O) groups is 4. The Morgan fingerprint density at radius 1 is 1.14 bits per heavy atom. The summed E-state index contributed by atoms with van der Waals surface area (Å²) in [4.78, 5) is 52.0. The number of hydrogen-bond donors (Lipinski definition) is 1. The van der Waals surface area contributed by atoms with E-state index in [0.29, 0.717) is 49.5 Å². The van der Waals surface area contributed by atoms with E-state index in [1.54, 1.807) is 35.0 Å². The number of amides is 3. The lowest BCUT2D eigenvalue weighted by atomic mass is 9.88. The molecule has 1 N–H and O–H groups in total. The summed E-state index contributed by atoms with van der Waals surface area (Å²) in [7, 11) is 1.71. The van der Waals surface area contributed by atoms with Gasteiger partial charge in [0.2, 0.25) is 11.8 Å². The summed E-state index contributed by atoms with van der Waals surface area (Å²) >= 11 is 0. The van der Waals surface area contributed by atoms with Crippen molar-refractivity contribution in [1.82, 2.24) is 9.80 Å². The molecule has 0 saturated carbocycles. The molecule has 2 fully saturated rings. The first kappa shape index (κ1) is 18.5. The van der Waals surface area contributed by atoms with Crippen molar-refractivity contribution in [2.24, 2.45) is 11.8 Å². The number of ketones is 1. The number of rotatable bonds is 3. The normalized spacial score (nSPS) is 22.5. The van der Waals surface area contributed by atoms with E-state index in [0.717, 1.165) is 0 Å². The number of likely N-dealkylation sites (tertiary alicyclic amines) is 2. The molecular formula is C20H23N3O5. The second-order valence-electron chi connectivity index (χ2n) is 7.69. The summed E-state index contributed by atoms with van der Waals surface area (Å²) in [6, 6.07) is 5.08. The van der Waals surface area contributed by atoms with Crippen molar-refractivity contribution >= 4 is 29.2 Å². The van der Waals surface area contributed by atoms with Gasteiger partial charge in [0.1, 0.15) is 5.75 Å². The maximum atomic E-state index is 12.9. The molecule has 3 heterocycles. The first-order valence-corrected chi connectivity index (χ1v) is 9.56. The van der Waals surface area contributed by atoms with Crippen LogP contribution in [0.4, 0.5) is 5.69 Å². The van der Waals surface area contributed by atoms with Crippen LogP contribution in [0.5, 0.6) is 5.75 Å². The van der Waals surface area contributed by atoms with Gasteiger partial charge in [-0.25, -0.2) is 0 Å². The van der Waals surface area contributed by atoms with Crippen LogP contribution >= 0.6 is 0 Å². The van der Waals surface area contributed by atoms with Gasteiger partial charge < -0.3 is 19.9 Å². The zero-order chi connectivity index (χ0) is 19.8. The molecule has 0 aromatic heterocycles. The highest BCUT2D eigenvalue weighted by Crippen LogP contribution is 2.31.